The molecule has 0 radical (unpaired) electrons. The van der Waals surface area contributed by atoms with Crippen molar-refractivity contribution in [1.82, 2.24) is 5.32 Å². The fourth-order valence-corrected chi connectivity index (χ4v) is 4.41. The molecule has 1 nitrogen and oxygen atoms in total. The Morgan fingerprint density at radius 1 is 1.29 bits per heavy atom. The van der Waals surface area contributed by atoms with Crippen LogP contribution < -0.4 is 5.32 Å². The number of alkyl halides is 2. The van der Waals surface area contributed by atoms with Crippen LogP contribution in [0.5, 0.6) is 0 Å². The maximum Gasteiger partial charge on any atom is 0.248 e. The van der Waals surface area contributed by atoms with E-state index in [9.17, 15) is 8.78 Å². The molecule has 1 N–H and O–H groups in total. The topological polar surface area (TPSA) is 12.0 Å². The monoisotopic (exact) mass is 257 g/mol. The third-order valence-electron chi connectivity index (χ3n) is 4.07. The van der Waals surface area contributed by atoms with Gasteiger partial charge in [0.25, 0.3) is 0 Å². The number of fused-ring (bicyclic) bond motifs is 2. The summed E-state index contributed by atoms with van der Waals surface area (Å²) in [6, 6.07) is 2.55. The highest BCUT2D eigenvalue weighted by molar-refractivity contribution is 7.10. The van der Waals surface area contributed by atoms with Crippen LogP contribution in [0, 0.1) is 0 Å². The van der Waals surface area contributed by atoms with Crippen LogP contribution in [0.3, 0.4) is 0 Å². The zero-order valence-corrected chi connectivity index (χ0v) is 10.7. The second-order valence-electron chi connectivity index (χ2n) is 5.46. The molecule has 0 bridgehead atoms. The van der Waals surface area contributed by atoms with E-state index < -0.39 is 5.92 Å². The molecular weight excluding hydrogens is 240 g/mol. The first-order valence-electron chi connectivity index (χ1n) is 6.23. The minimum absolute atomic E-state index is 0.0179. The average molecular weight is 257 g/mol. The molecule has 1 aromatic heterocycles. The summed E-state index contributed by atoms with van der Waals surface area (Å²) in [6.45, 7) is 2.15. The molecule has 1 fully saturated rings. The van der Waals surface area contributed by atoms with Crippen LogP contribution in [0.1, 0.15) is 43.0 Å². The number of hydrogen-bond donors (Lipinski definition) is 1. The Balaban J connectivity index is 1.94. The van der Waals surface area contributed by atoms with E-state index >= 15 is 0 Å². The minimum Gasteiger partial charge on any atom is -0.304 e. The summed E-state index contributed by atoms with van der Waals surface area (Å²) < 4.78 is 26.6. The fraction of sp³-hybridized carbons (Fsp3) is 0.692. The van der Waals surface area contributed by atoms with Gasteiger partial charge in [0.15, 0.2) is 0 Å². The molecule has 1 aromatic rings. The van der Waals surface area contributed by atoms with Crippen molar-refractivity contribution in [2.75, 3.05) is 0 Å². The van der Waals surface area contributed by atoms with Crippen molar-refractivity contribution in [3.8, 4) is 0 Å². The molecule has 1 unspecified atom stereocenters. The van der Waals surface area contributed by atoms with E-state index in [1.807, 2.05) is 0 Å². The van der Waals surface area contributed by atoms with E-state index in [0.29, 0.717) is 18.9 Å². The summed E-state index contributed by atoms with van der Waals surface area (Å²) in [6.07, 6.45) is 2.20. The molecule has 1 saturated carbocycles. The van der Waals surface area contributed by atoms with Crippen molar-refractivity contribution in [3.63, 3.8) is 0 Å². The van der Waals surface area contributed by atoms with Crippen molar-refractivity contribution in [1.29, 1.82) is 0 Å². The fourth-order valence-electron chi connectivity index (χ4n) is 3.25. The number of rotatable bonds is 0. The number of halogens is 2. The van der Waals surface area contributed by atoms with Gasteiger partial charge in [0.05, 0.1) is 5.54 Å². The third-order valence-corrected chi connectivity index (χ3v) is 5.23. The Morgan fingerprint density at radius 3 is 2.71 bits per heavy atom. The zero-order chi connectivity index (χ0) is 12.1. The van der Waals surface area contributed by atoms with Crippen LogP contribution >= 0.6 is 11.3 Å². The molecule has 94 valence electrons. The van der Waals surface area contributed by atoms with Crippen LogP contribution in [-0.4, -0.2) is 12.0 Å². The standard InChI is InChI=1S/C13H17F2NS/c1-9-8-10-2-7-17-11(10)12(16-9)3-5-13(14,15)6-4-12/h2,7,9,16H,3-6,8H2,1H3. The highest BCUT2D eigenvalue weighted by Gasteiger charge is 2.47. The van der Waals surface area contributed by atoms with Crippen molar-refractivity contribution >= 4 is 11.3 Å². The molecule has 2 heterocycles. The van der Waals surface area contributed by atoms with E-state index in [1.165, 1.54) is 10.4 Å². The number of nitrogens with one attached hydrogen (secondary N) is 1. The van der Waals surface area contributed by atoms with Crippen LogP contribution in [-0.2, 0) is 12.0 Å². The summed E-state index contributed by atoms with van der Waals surface area (Å²) in [4.78, 5) is 1.31. The van der Waals surface area contributed by atoms with Gasteiger partial charge in [-0.25, -0.2) is 8.78 Å². The van der Waals surface area contributed by atoms with E-state index in [1.54, 1.807) is 11.3 Å². The molecule has 0 amide bonds. The van der Waals surface area contributed by atoms with E-state index in [0.717, 1.165) is 6.42 Å². The molecule has 4 heteroatoms. The molecule has 1 atom stereocenters. The van der Waals surface area contributed by atoms with Crippen LogP contribution in [0.2, 0.25) is 0 Å². The van der Waals surface area contributed by atoms with E-state index in [-0.39, 0.29) is 18.4 Å². The van der Waals surface area contributed by atoms with Crippen molar-refractivity contribution in [3.05, 3.63) is 21.9 Å². The normalized spacial score (nSPS) is 30.2. The van der Waals surface area contributed by atoms with Gasteiger partial charge in [-0.15, -0.1) is 11.3 Å². The van der Waals surface area contributed by atoms with Gasteiger partial charge in [-0.3, -0.25) is 0 Å². The molecule has 0 saturated heterocycles. The lowest BCUT2D eigenvalue weighted by Gasteiger charge is -2.45. The summed E-state index contributed by atoms with van der Waals surface area (Å²) in [7, 11) is 0. The van der Waals surface area contributed by atoms with Crippen molar-refractivity contribution < 1.29 is 8.78 Å². The Bertz CT molecular complexity index is 417. The molecule has 0 aromatic carbocycles. The number of thiophene rings is 1. The predicted molar refractivity (Wildman–Crippen MR) is 65.7 cm³/mol. The SMILES string of the molecule is CC1Cc2ccsc2C2(CCC(F)(F)CC2)N1. The van der Waals surface area contributed by atoms with Gasteiger partial charge in [0.2, 0.25) is 5.92 Å². The van der Waals surface area contributed by atoms with Crippen molar-refractivity contribution in [2.45, 2.75) is 56.5 Å². The Labute approximate surface area is 104 Å². The van der Waals surface area contributed by atoms with Gasteiger partial charge in [0.1, 0.15) is 0 Å². The van der Waals surface area contributed by atoms with Gasteiger partial charge in [-0.05, 0) is 43.2 Å². The molecule has 17 heavy (non-hydrogen) atoms. The second-order valence-corrected chi connectivity index (χ2v) is 6.38. The Hall–Kier alpha value is -0.480. The van der Waals surface area contributed by atoms with Gasteiger partial charge in [0, 0.05) is 23.8 Å². The molecular formula is C13H17F2NS. The second kappa shape index (κ2) is 3.75. The molecule has 1 spiro atoms. The molecule has 1 aliphatic heterocycles. The smallest absolute Gasteiger partial charge is 0.248 e. The summed E-state index contributed by atoms with van der Waals surface area (Å²) >= 11 is 1.73. The average Bonchev–Trinajstić information content (AvgIpc) is 2.71. The summed E-state index contributed by atoms with van der Waals surface area (Å²) in [5.41, 5.74) is 1.20. The molecule has 3 rings (SSSR count). The van der Waals surface area contributed by atoms with Crippen LogP contribution in [0.15, 0.2) is 11.4 Å². The third kappa shape index (κ3) is 1.91. The molecule has 2 aliphatic rings. The Morgan fingerprint density at radius 2 is 2.00 bits per heavy atom. The maximum absolute atomic E-state index is 13.3. The first-order valence-corrected chi connectivity index (χ1v) is 7.11. The summed E-state index contributed by atoms with van der Waals surface area (Å²) in [5, 5.41) is 5.68. The van der Waals surface area contributed by atoms with Gasteiger partial charge in [-0.2, -0.15) is 0 Å². The van der Waals surface area contributed by atoms with E-state index in [2.05, 4.69) is 23.7 Å². The van der Waals surface area contributed by atoms with Crippen molar-refractivity contribution in [2.24, 2.45) is 0 Å². The lowest BCUT2D eigenvalue weighted by Crippen LogP contribution is -2.54. The quantitative estimate of drug-likeness (QED) is 0.747. The van der Waals surface area contributed by atoms with Gasteiger partial charge < -0.3 is 5.32 Å². The first kappa shape index (κ1) is 11.6. The first-order chi connectivity index (χ1) is 8.01. The predicted octanol–water partition coefficient (Wildman–Crippen LogP) is 3.69. The van der Waals surface area contributed by atoms with Crippen LogP contribution in [0.4, 0.5) is 8.78 Å². The largest absolute Gasteiger partial charge is 0.304 e. The lowest BCUT2D eigenvalue weighted by atomic mass is 9.74. The molecule has 1 aliphatic carbocycles. The summed E-state index contributed by atoms with van der Waals surface area (Å²) in [5.74, 6) is -2.45. The maximum atomic E-state index is 13.3. The number of hydrogen-bond acceptors (Lipinski definition) is 2. The highest BCUT2D eigenvalue weighted by Crippen LogP contribution is 2.48. The van der Waals surface area contributed by atoms with Gasteiger partial charge in [-0.1, -0.05) is 0 Å². The van der Waals surface area contributed by atoms with E-state index in [4.69, 9.17) is 0 Å². The Kier molecular flexibility index (Phi) is 2.56. The highest BCUT2D eigenvalue weighted by atomic mass is 32.1. The van der Waals surface area contributed by atoms with Crippen LogP contribution in [0.25, 0.3) is 0 Å². The van der Waals surface area contributed by atoms with Gasteiger partial charge >= 0.3 is 0 Å². The minimum atomic E-state index is -2.45. The lowest BCUT2D eigenvalue weighted by molar-refractivity contribution is -0.0591. The zero-order valence-electron chi connectivity index (χ0n) is 9.93.